The number of nitrogens with zero attached hydrogens (tertiary/aromatic N) is 2. The molecule has 70 valence electrons. The van der Waals surface area contributed by atoms with Crippen LogP contribution < -0.4 is 0 Å². The highest BCUT2D eigenvalue weighted by Crippen LogP contribution is 2.25. The van der Waals surface area contributed by atoms with Crippen LogP contribution in [0.25, 0.3) is 10.9 Å². The van der Waals surface area contributed by atoms with Gasteiger partial charge < -0.3 is 0 Å². The third kappa shape index (κ3) is 1.35. The number of nitroso groups, excluding NO2 is 1. The van der Waals surface area contributed by atoms with Crippen molar-refractivity contribution in [2.24, 2.45) is 5.18 Å². The van der Waals surface area contributed by atoms with E-state index in [4.69, 9.17) is 0 Å². The Bertz CT molecular complexity index is 511. The summed E-state index contributed by atoms with van der Waals surface area (Å²) >= 11 is 0. The smallest absolute Gasteiger partial charge is 0.124 e. The van der Waals surface area contributed by atoms with Gasteiger partial charge in [-0.05, 0) is 36.4 Å². The van der Waals surface area contributed by atoms with Crippen LogP contribution in [0.3, 0.4) is 0 Å². The van der Waals surface area contributed by atoms with Gasteiger partial charge in [0.15, 0.2) is 0 Å². The molecule has 1 aromatic heterocycles. The minimum atomic E-state index is -0.395. The van der Waals surface area contributed by atoms with Crippen molar-refractivity contribution >= 4 is 16.6 Å². The summed E-state index contributed by atoms with van der Waals surface area (Å²) in [5, 5.41) is 3.29. The molecule has 0 spiro atoms. The lowest BCUT2D eigenvalue weighted by molar-refractivity contribution is 0.629. The number of aryl methyl sites for hydroxylation is 1. The predicted molar refractivity (Wildman–Crippen MR) is 51.9 cm³/mol. The van der Waals surface area contributed by atoms with Crippen LogP contribution in [0.4, 0.5) is 10.1 Å². The number of benzene rings is 1. The van der Waals surface area contributed by atoms with Gasteiger partial charge >= 0.3 is 0 Å². The van der Waals surface area contributed by atoms with E-state index in [1.54, 1.807) is 6.92 Å². The van der Waals surface area contributed by atoms with E-state index in [1.165, 1.54) is 24.3 Å². The number of hydrogen-bond donors (Lipinski definition) is 0. The van der Waals surface area contributed by atoms with E-state index in [2.05, 4.69) is 10.2 Å². The maximum absolute atomic E-state index is 12.9. The Kier molecular flexibility index (Phi) is 1.96. The van der Waals surface area contributed by atoms with E-state index in [1.807, 2.05) is 0 Å². The van der Waals surface area contributed by atoms with Crippen molar-refractivity contribution in [3.05, 3.63) is 40.7 Å². The molecular formula is C10H7FN2O. The zero-order valence-electron chi connectivity index (χ0n) is 7.49. The Morgan fingerprint density at radius 3 is 2.86 bits per heavy atom. The second kappa shape index (κ2) is 3.14. The highest BCUT2D eigenvalue weighted by Gasteiger charge is 2.05. The number of hydrogen-bond acceptors (Lipinski definition) is 3. The number of fused-ring (bicyclic) bond motifs is 1. The molecule has 3 nitrogen and oxygen atoms in total. The number of aromatic nitrogens is 1. The van der Waals surface area contributed by atoms with E-state index in [-0.39, 0.29) is 5.69 Å². The number of rotatable bonds is 1. The highest BCUT2D eigenvalue weighted by atomic mass is 19.1. The van der Waals surface area contributed by atoms with Gasteiger partial charge in [-0.3, -0.25) is 4.98 Å². The van der Waals surface area contributed by atoms with Gasteiger partial charge in [0.05, 0.1) is 5.52 Å². The Hall–Kier alpha value is -1.84. The summed E-state index contributed by atoms with van der Waals surface area (Å²) in [7, 11) is 0. The molecule has 0 saturated carbocycles. The first kappa shape index (κ1) is 8.74. The topological polar surface area (TPSA) is 42.3 Å². The fourth-order valence-electron chi connectivity index (χ4n) is 1.38. The quantitative estimate of drug-likeness (QED) is 0.648. The molecule has 0 atom stereocenters. The summed E-state index contributed by atoms with van der Waals surface area (Å²) in [4.78, 5) is 14.6. The molecule has 1 aromatic carbocycles. The van der Waals surface area contributed by atoms with Crippen LogP contribution in [0, 0.1) is 17.6 Å². The monoisotopic (exact) mass is 190 g/mol. The molecule has 0 N–H and O–H groups in total. The van der Waals surface area contributed by atoms with Gasteiger partial charge in [-0.1, -0.05) is 0 Å². The first-order valence-corrected chi connectivity index (χ1v) is 4.11. The molecule has 0 saturated heterocycles. The van der Waals surface area contributed by atoms with Crippen LogP contribution in [-0.4, -0.2) is 4.98 Å². The van der Waals surface area contributed by atoms with Crippen LogP contribution in [-0.2, 0) is 0 Å². The van der Waals surface area contributed by atoms with Crippen molar-refractivity contribution in [3.8, 4) is 0 Å². The van der Waals surface area contributed by atoms with Gasteiger partial charge in [0, 0.05) is 11.1 Å². The summed E-state index contributed by atoms with van der Waals surface area (Å²) < 4.78 is 12.9. The van der Waals surface area contributed by atoms with Crippen LogP contribution in [0.5, 0.6) is 0 Å². The Morgan fingerprint density at radius 2 is 2.14 bits per heavy atom. The first-order chi connectivity index (χ1) is 6.70. The summed E-state index contributed by atoms with van der Waals surface area (Å²) in [6, 6.07) is 5.64. The summed E-state index contributed by atoms with van der Waals surface area (Å²) in [6.07, 6.45) is 0. The summed E-state index contributed by atoms with van der Waals surface area (Å²) in [6.45, 7) is 1.76. The van der Waals surface area contributed by atoms with Crippen molar-refractivity contribution in [3.63, 3.8) is 0 Å². The molecule has 0 fully saturated rings. The van der Waals surface area contributed by atoms with Crippen molar-refractivity contribution in [2.45, 2.75) is 6.92 Å². The van der Waals surface area contributed by atoms with Gasteiger partial charge in [-0.15, -0.1) is 4.91 Å². The fourth-order valence-corrected chi connectivity index (χ4v) is 1.38. The minimum absolute atomic E-state index is 0.229. The zero-order valence-corrected chi connectivity index (χ0v) is 7.49. The van der Waals surface area contributed by atoms with Crippen LogP contribution in [0.2, 0.25) is 0 Å². The minimum Gasteiger partial charge on any atom is -0.253 e. The van der Waals surface area contributed by atoms with E-state index in [0.717, 1.165) is 0 Å². The van der Waals surface area contributed by atoms with E-state index < -0.39 is 5.82 Å². The molecule has 0 aliphatic heterocycles. The average molecular weight is 190 g/mol. The molecule has 0 bridgehead atoms. The van der Waals surface area contributed by atoms with Crippen molar-refractivity contribution in [1.29, 1.82) is 0 Å². The van der Waals surface area contributed by atoms with Gasteiger partial charge in [0.2, 0.25) is 0 Å². The lowest BCUT2D eigenvalue weighted by Gasteiger charge is -2.00. The Morgan fingerprint density at radius 1 is 1.36 bits per heavy atom. The van der Waals surface area contributed by atoms with Gasteiger partial charge in [0.1, 0.15) is 11.5 Å². The van der Waals surface area contributed by atoms with Crippen LogP contribution in [0.15, 0.2) is 29.4 Å². The lowest BCUT2D eigenvalue weighted by Crippen LogP contribution is -1.85. The molecular weight excluding hydrogens is 183 g/mol. The van der Waals surface area contributed by atoms with E-state index in [9.17, 15) is 9.30 Å². The standard InChI is InChI=1S/C10H7FN2O/c1-6-4-10(13-14)8-5-7(11)2-3-9(8)12-6/h2-5H,1H3. The third-order valence-electron chi connectivity index (χ3n) is 1.98. The molecule has 4 heteroatoms. The molecule has 2 rings (SSSR count). The van der Waals surface area contributed by atoms with Crippen molar-refractivity contribution < 1.29 is 4.39 Å². The summed E-state index contributed by atoms with van der Waals surface area (Å²) in [5.41, 5.74) is 1.51. The second-order valence-electron chi connectivity index (χ2n) is 3.04. The Labute approximate surface area is 79.6 Å². The lowest BCUT2D eigenvalue weighted by atomic mass is 10.1. The molecule has 1 heterocycles. The number of pyridine rings is 1. The molecule has 0 aliphatic carbocycles. The van der Waals surface area contributed by atoms with Gasteiger partial charge in [-0.2, -0.15) is 0 Å². The molecule has 0 amide bonds. The van der Waals surface area contributed by atoms with E-state index >= 15 is 0 Å². The van der Waals surface area contributed by atoms with Crippen LogP contribution >= 0.6 is 0 Å². The normalized spacial score (nSPS) is 10.4. The molecule has 0 radical (unpaired) electrons. The largest absolute Gasteiger partial charge is 0.253 e. The fraction of sp³-hybridized carbons (Fsp3) is 0.100. The maximum atomic E-state index is 12.9. The predicted octanol–water partition coefficient (Wildman–Crippen LogP) is 3.08. The Balaban J connectivity index is 2.88. The molecule has 0 unspecified atom stereocenters. The van der Waals surface area contributed by atoms with Gasteiger partial charge in [-0.25, -0.2) is 4.39 Å². The van der Waals surface area contributed by atoms with Crippen molar-refractivity contribution in [2.75, 3.05) is 0 Å². The molecule has 0 aliphatic rings. The van der Waals surface area contributed by atoms with E-state index in [0.29, 0.717) is 16.6 Å². The molecule has 2 aromatic rings. The number of halogens is 1. The van der Waals surface area contributed by atoms with Crippen LogP contribution in [0.1, 0.15) is 5.69 Å². The summed E-state index contributed by atoms with van der Waals surface area (Å²) in [5.74, 6) is -0.395. The highest BCUT2D eigenvalue weighted by molar-refractivity contribution is 5.89. The van der Waals surface area contributed by atoms with Gasteiger partial charge in [0.25, 0.3) is 0 Å². The molecule has 14 heavy (non-hydrogen) atoms. The van der Waals surface area contributed by atoms with Crippen molar-refractivity contribution in [1.82, 2.24) is 4.98 Å². The maximum Gasteiger partial charge on any atom is 0.124 e. The first-order valence-electron chi connectivity index (χ1n) is 4.11. The SMILES string of the molecule is Cc1cc(N=O)c2cc(F)ccc2n1. The second-order valence-corrected chi connectivity index (χ2v) is 3.04. The third-order valence-corrected chi connectivity index (χ3v) is 1.98. The zero-order chi connectivity index (χ0) is 10.1. The average Bonchev–Trinajstić information content (AvgIpc) is 2.17.